The molecule has 0 aliphatic carbocycles. The van der Waals surface area contributed by atoms with Gasteiger partial charge in [0.05, 0.1) is 11.3 Å². The van der Waals surface area contributed by atoms with Crippen LogP contribution in [0.25, 0.3) is 10.1 Å². The number of esters is 1. The number of nitrogens with zero attached hydrogens (tertiary/aromatic N) is 1. The van der Waals surface area contributed by atoms with Crippen LogP contribution in [0.3, 0.4) is 0 Å². The Balaban J connectivity index is 0.00000341. The van der Waals surface area contributed by atoms with Gasteiger partial charge >= 0.3 is 5.97 Å². The minimum absolute atomic E-state index is 0. The maximum atomic E-state index is 12.7. The third kappa shape index (κ3) is 5.36. The summed E-state index contributed by atoms with van der Waals surface area (Å²) in [6.07, 6.45) is 0. The molecule has 0 spiro atoms. The lowest BCUT2D eigenvalue weighted by molar-refractivity contribution is -0.0000326. The number of anilines is 1. The Morgan fingerprint density at radius 2 is 1.74 bits per heavy atom. The molecular formula is C23H26ClN2O4S-. The van der Waals surface area contributed by atoms with Crippen LogP contribution in [0.15, 0.2) is 42.5 Å². The van der Waals surface area contributed by atoms with E-state index < -0.39 is 5.97 Å². The number of hydrogen-bond acceptors (Lipinski definition) is 6. The van der Waals surface area contributed by atoms with Crippen LogP contribution in [0.5, 0.6) is 5.75 Å². The minimum atomic E-state index is -0.525. The number of carbonyl (C=O) groups is 2. The number of carbonyl (C=O) groups excluding carboxylic acids is 2. The maximum Gasteiger partial charge on any atom is 0.341 e. The zero-order valence-electron chi connectivity index (χ0n) is 17.8. The first-order valence-electron chi connectivity index (χ1n) is 10.0. The molecule has 0 saturated heterocycles. The lowest BCUT2D eigenvalue weighted by Gasteiger charge is -2.18. The zero-order valence-corrected chi connectivity index (χ0v) is 19.3. The van der Waals surface area contributed by atoms with Gasteiger partial charge in [-0.3, -0.25) is 9.69 Å². The van der Waals surface area contributed by atoms with Crippen molar-refractivity contribution in [2.75, 3.05) is 25.0 Å². The second-order valence-electron chi connectivity index (χ2n) is 6.76. The van der Waals surface area contributed by atoms with E-state index >= 15 is 0 Å². The molecule has 3 aromatic rings. The number of phenolic OH excluding ortho intramolecular Hbond substituents is 1. The van der Waals surface area contributed by atoms with Crippen molar-refractivity contribution in [2.45, 2.75) is 27.3 Å². The molecular weight excluding hydrogens is 436 g/mol. The van der Waals surface area contributed by atoms with E-state index in [4.69, 9.17) is 4.74 Å². The standard InChI is InChI=1S/C23H26N2O4S.ClH/c1-4-25(5-2)14-16-12-13-17-18(23(28)29-6-3)22(30-20(17)19(16)26)24-21(27)15-10-8-7-9-11-15;/h7-13,26H,4-6,14H2,1-3H3,(H,24,27);1H/p-1. The van der Waals surface area contributed by atoms with Gasteiger partial charge in [-0.2, -0.15) is 0 Å². The second kappa shape index (κ2) is 11.1. The summed E-state index contributed by atoms with van der Waals surface area (Å²) in [5, 5.41) is 14.7. The van der Waals surface area contributed by atoms with Crippen molar-refractivity contribution in [3.8, 4) is 5.75 Å². The largest absolute Gasteiger partial charge is 1.00 e. The van der Waals surface area contributed by atoms with Crippen LogP contribution in [-0.4, -0.2) is 41.6 Å². The van der Waals surface area contributed by atoms with Crippen molar-refractivity contribution in [2.24, 2.45) is 0 Å². The van der Waals surface area contributed by atoms with Gasteiger partial charge in [0, 0.05) is 23.1 Å². The summed E-state index contributed by atoms with van der Waals surface area (Å²) in [6, 6.07) is 12.4. The highest BCUT2D eigenvalue weighted by Gasteiger charge is 2.24. The van der Waals surface area contributed by atoms with Crippen LogP contribution < -0.4 is 17.7 Å². The van der Waals surface area contributed by atoms with Gasteiger partial charge in [-0.25, -0.2) is 4.79 Å². The van der Waals surface area contributed by atoms with Crippen molar-refractivity contribution in [1.82, 2.24) is 4.90 Å². The van der Waals surface area contributed by atoms with E-state index in [9.17, 15) is 14.7 Å². The molecule has 1 aromatic heterocycles. The molecule has 2 N–H and O–H groups in total. The van der Waals surface area contributed by atoms with E-state index in [1.807, 2.05) is 18.2 Å². The number of phenols is 1. The van der Waals surface area contributed by atoms with E-state index in [0.717, 1.165) is 18.7 Å². The third-order valence-electron chi connectivity index (χ3n) is 4.95. The zero-order chi connectivity index (χ0) is 21.7. The van der Waals surface area contributed by atoms with Gasteiger partial charge in [-0.1, -0.05) is 44.2 Å². The molecule has 166 valence electrons. The average molecular weight is 462 g/mol. The smallest absolute Gasteiger partial charge is 0.341 e. The molecule has 0 saturated carbocycles. The molecule has 31 heavy (non-hydrogen) atoms. The lowest BCUT2D eigenvalue weighted by Crippen LogP contribution is -3.00. The Kier molecular flexibility index (Phi) is 8.86. The van der Waals surface area contributed by atoms with Crippen LogP contribution in [0.4, 0.5) is 5.00 Å². The van der Waals surface area contributed by atoms with Gasteiger partial charge in [0.25, 0.3) is 5.91 Å². The molecule has 0 aliphatic rings. The predicted molar refractivity (Wildman–Crippen MR) is 120 cm³/mol. The molecule has 0 unspecified atom stereocenters. The number of ether oxygens (including phenoxy) is 1. The summed E-state index contributed by atoms with van der Waals surface area (Å²) < 4.78 is 5.78. The number of benzene rings is 2. The van der Waals surface area contributed by atoms with Gasteiger partial charge in [0.2, 0.25) is 0 Å². The first kappa shape index (κ1) is 24.7. The number of aromatic hydroxyl groups is 1. The van der Waals surface area contributed by atoms with E-state index in [-0.39, 0.29) is 36.2 Å². The maximum absolute atomic E-state index is 12.7. The monoisotopic (exact) mass is 461 g/mol. The summed E-state index contributed by atoms with van der Waals surface area (Å²) >= 11 is 1.18. The molecule has 0 fully saturated rings. The summed E-state index contributed by atoms with van der Waals surface area (Å²) in [7, 11) is 0. The number of amides is 1. The molecule has 6 nitrogen and oxygen atoms in total. The average Bonchev–Trinajstić information content (AvgIpc) is 3.13. The van der Waals surface area contributed by atoms with Gasteiger partial charge in [-0.05, 0) is 32.1 Å². The van der Waals surface area contributed by atoms with E-state index in [1.165, 1.54) is 11.3 Å². The summed E-state index contributed by atoms with van der Waals surface area (Å²) in [5.41, 5.74) is 1.53. The summed E-state index contributed by atoms with van der Waals surface area (Å²) in [6.45, 7) is 8.42. The van der Waals surface area contributed by atoms with Crippen molar-refractivity contribution in [1.29, 1.82) is 0 Å². The Labute approximate surface area is 192 Å². The molecule has 0 aliphatic heterocycles. The Morgan fingerprint density at radius 3 is 2.35 bits per heavy atom. The van der Waals surface area contributed by atoms with Gasteiger partial charge in [0.15, 0.2) is 0 Å². The molecule has 3 rings (SSSR count). The number of fused-ring (bicyclic) bond motifs is 1. The van der Waals surface area contributed by atoms with Gasteiger partial charge in [0.1, 0.15) is 16.3 Å². The molecule has 0 radical (unpaired) electrons. The van der Waals surface area contributed by atoms with E-state index in [2.05, 4.69) is 24.1 Å². The number of nitrogens with one attached hydrogen (secondary N) is 1. The van der Waals surface area contributed by atoms with Gasteiger partial charge in [-0.15, -0.1) is 11.3 Å². The topological polar surface area (TPSA) is 78.9 Å². The number of halogens is 1. The van der Waals surface area contributed by atoms with Crippen LogP contribution in [-0.2, 0) is 11.3 Å². The molecule has 1 heterocycles. The minimum Gasteiger partial charge on any atom is -1.00 e. The normalized spacial score (nSPS) is 10.7. The Bertz CT molecular complexity index is 1050. The highest BCUT2D eigenvalue weighted by Crippen LogP contribution is 2.42. The Hall–Kier alpha value is -2.61. The van der Waals surface area contributed by atoms with E-state index in [1.54, 1.807) is 31.2 Å². The number of rotatable bonds is 8. The van der Waals surface area contributed by atoms with Crippen molar-refractivity contribution in [3.05, 3.63) is 59.2 Å². The fourth-order valence-corrected chi connectivity index (χ4v) is 4.41. The Morgan fingerprint density at radius 1 is 1.06 bits per heavy atom. The number of thiophene rings is 1. The SMILES string of the molecule is CCOC(=O)c1c(NC(=O)c2ccccc2)sc2c(O)c(CN(CC)CC)ccc12.[Cl-]. The molecule has 8 heteroatoms. The summed E-state index contributed by atoms with van der Waals surface area (Å²) in [5.74, 6) is -0.714. The second-order valence-corrected chi connectivity index (χ2v) is 7.78. The van der Waals surface area contributed by atoms with E-state index in [0.29, 0.717) is 27.2 Å². The molecule has 0 atom stereocenters. The molecule has 2 aromatic carbocycles. The highest BCUT2D eigenvalue weighted by molar-refractivity contribution is 7.24. The quantitative estimate of drug-likeness (QED) is 0.501. The lowest BCUT2D eigenvalue weighted by atomic mass is 10.1. The van der Waals surface area contributed by atoms with Crippen LogP contribution in [0, 0.1) is 0 Å². The van der Waals surface area contributed by atoms with Crippen LogP contribution in [0.2, 0.25) is 0 Å². The number of hydrogen-bond donors (Lipinski definition) is 2. The fourth-order valence-electron chi connectivity index (χ4n) is 3.26. The van der Waals surface area contributed by atoms with Crippen molar-refractivity contribution < 1.29 is 31.8 Å². The van der Waals surface area contributed by atoms with Crippen molar-refractivity contribution in [3.63, 3.8) is 0 Å². The molecule has 0 bridgehead atoms. The van der Waals surface area contributed by atoms with Crippen LogP contribution >= 0.6 is 11.3 Å². The summed E-state index contributed by atoms with van der Waals surface area (Å²) in [4.78, 5) is 27.5. The molecule has 1 amide bonds. The predicted octanol–water partition coefficient (Wildman–Crippen LogP) is 1.88. The highest BCUT2D eigenvalue weighted by atomic mass is 35.5. The van der Waals surface area contributed by atoms with Crippen molar-refractivity contribution >= 4 is 38.3 Å². The third-order valence-corrected chi connectivity index (χ3v) is 6.07. The fraction of sp³-hybridized carbons (Fsp3) is 0.304. The van der Waals surface area contributed by atoms with Gasteiger partial charge < -0.3 is 27.6 Å². The first-order chi connectivity index (χ1) is 14.5. The first-order valence-corrected chi connectivity index (χ1v) is 10.8. The van der Waals surface area contributed by atoms with Crippen LogP contribution in [0.1, 0.15) is 47.1 Å².